The van der Waals surface area contributed by atoms with Gasteiger partial charge in [0.2, 0.25) is 0 Å². The van der Waals surface area contributed by atoms with Gasteiger partial charge in [-0.3, -0.25) is 4.98 Å². The van der Waals surface area contributed by atoms with Gasteiger partial charge in [-0.25, -0.2) is 0 Å². The van der Waals surface area contributed by atoms with Gasteiger partial charge < -0.3 is 5.32 Å². The van der Waals surface area contributed by atoms with E-state index < -0.39 is 0 Å². The molecule has 1 aromatic heterocycles. The predicted octanol–water partition coefficient (Wildman–Crippen LogP) is 3.81. The van der Waals surface area contributed by atoms with E-state index in [1.807, 2.05) is 13.1 Å². The van der Waals surface area contributed by atoms with E-state index in [1.165, 1.54) is 16.0 Å². The molecule has 0 saturated heterocycles. The molecular weight excluding hydrogens is 252 g/mol. The van der Waals surface area contributed by atoms with E-state index in [4.69, 9.17) is 0 Å². The van der Waals surface area contributed by atoms with Gasteiger partial charge in [-0.2, -0.15) is 0 Å². The van der Waals surface area contributed by atoms with E-state index in [-0.39, 0.29) is 6.04 Å². The maximum Gasteiger partial charge on any atom is 0.0591 e. The summed E-state index contributed by atoms with van der Waals surface area (Å²) in [7, 11) is 0. The highest BCUT2D eigenvalue weighted by molar-refractivity contribution is 7.98. The van der Waals surface area contributed by atoms with Crippen LogP contribution in [0, 0.1) is 6.92 Å². The number of pyridine rings is 1. The first-order valence-corrected chi connectivity index (χ1v) is 7.77. The molecule has 19 heavy (non-hydrogen) atoms. The zero-order chi connectivity index (χ0) is 13.7. The highest BCUT2D eigenvalue weighted by atomic mass is 32.2. The number of benzene rings is 1. The van der Waals surface area contributed by atoms with Crippen LogP contribution in [0.4, 0.5) is 0 Å². The first-order chi connectivity index (χ1) is 9.24. The summed E-state index contributed by atoms with van der Waals surface area (Å²) >= 11 is 1.77. The molecule has 1 aromatic carbocycles. The van der Waals surface area contributed by atoms with Crippen LogP contribution in [0.25, 0.3) is 0 Å². The van der Waals surface area contributed by atoms with Crippen LogP contribution in [-0.2, 0) is 0 Å². The molecule has 0 amide bonds. The third kappa shape index (κ3) is 3.58. The normalized spacial score (nSPS) is 12.4. The molecule has 0 radical (unpaired) electrons. The molecule has 0 saturated carbocycles. The summed E-state index contributed by atoms with van der Waals surface area (Å²) in [4.78, 5) is 5.69. The van der Waals surface area contributed by atoms with Crippen molar-refractivity contribution >= 4 is 11.8 Å². The van der Waals surface area contributed by atoms with Crippen LogP contribution in [-0.4, -0.2) is 17.8 Å². The van der Waals surface area contributed by atoms with Gasteiger partial charge in [0, 0.05) is 16.8 Å². The Bertz CT molecular complexity index is 505. The lowest BCUT2D eigenvalue weighted by Crippen LogP contribution is -2.22. The number of aryl methyl sites for hydroxylation is 1. The summed E-state index contributed by atoms with van der Waals surface area (Å²) in [5.41, 5.74) is 3.55. The lowest BCUT2D eigenvalue weighted by Gasteiger charge is -2.19. The zero-order valence-corrected chi connectivity index (χ0v) is 12.5. The van der Waals surface area contributed by atoms with E-state index in [0.29, 0.717) is 0 Å². The van der Waals surface area contributed by atoms with Gasteiger partial charge in [0.1, 0.15) is 0 Å². The van der Waals surface area contributed by atoms with Crippen molar-refractivity contribution in [2.24, 2.45) is 0 Å². The predicted molar refractivity (Wildman–Crippen MR) is 82.7 cm³/mol. The minimum absolute atomic E-state index is 0.217. The highest BCUT2D eigenvalue weighted by Crippen LogP contribution is 2.24. The fourth-order valence-corrected chi connectivity index (χ4v) is 2.49. The van der Waals surface area contributed by atoms with Gasteiger partial charge in [0.25, 0.3) is 0 Å². The molecule has 2 rings (SSSR count). The van der Waals surface area contributed by atoms with Gasteiger partial charge >= 0.3 is 0 Å². The molecule has 0 fully saturated rings. The average molecular weight is 272 g/mol. The van der Waals surface area contributed by atoms with Crippen molar-refractivity contribution in [2.45, 2.75) is 24.8 Å². The van der Waals surface area contributed by atoms with Gasteiger partial charge in [0.15, 0.2) is 0 Å². The SMILES string of the molecule is CCNC(c1ccc(SC)cc1)c1ccc(C)nc1. The number of hydrogen-bond donors (Lipinski definition) is 1. The summed E-state index contributed by atoms with van der Waals surface area (Å²) in [6.07, 6.45) is 4.06. The van der Waals surface area contributed by atoms with Crippen LogP contribution >= 0.6 is 11.8 Å². The second kappa shape index (κ2) is 6.73. The Kier molecular flexibility index (Phi) is 5.00. The fourth-order valence-electron chi connectivity index (χ4n) is 2.08. The van der Waals surface area contributed by atoms with Crippen molar-refractivity contribution < 1.29 is 0 Å². The number of aromatic nitrogens is 1. The smallest absolute Gasteiger partial charge is 0.0591 e. The monoisotopic (exact) mass is 272 g/mol. The van der Waals surface area contributed by atoms with Crippen LogP contribution in [0.1, 0.15) is 29.8 Å². The first kappa shape index (κ1) is 14.1. The van der Waals surface area contributed by atoms with Crippen LogP contribution in [0.15, 0.2) is 47.5 Å². The van der Waals surface area contributed by atoms with Gasteiger partial charge in [0.05, 0.1) is 6.04 Å². The maximum absolute atomic E-state index is 4.40. The Labute approximate surface area is 119 Å². The first-order valence-electron chi connectivity index (χ1n) is 6.54. The van der Waals surface area contributed by atoms with Crippen molar-refractivity contribution in [1.29, 1.82) is 0 Å². The lowest BCUT2D eigenvalue weighted by atomic mass is 10.00. The van der Waals surface area contributed by atoms with Crippen LogP contribution in [0.5, 0.6) is 0 Å². The summed E-state index contributed by atoms with van der Waals surface area (Å²) in [5, 5.41) is 3.53. The lowest BCUT2D eigenvalue weighted by molar-refractivity contribution is 0.628. The molecule has 0 aliphatic carbocycles. The van der Waals surface area contributed by atoms with Crippen molar-refractivity contribution in [3.63, 3.8) is 0 Å². The van der Waals surface area contributed by atoms with Crippen molar-refractivity contribution in [3.8, 4) is 0 Å². The standard InChI is InChI=1S/C16H20N2S/c1-4-17-16(14-6-5-12(2)18-11-14)13-7-9-15(19-3)10-8-13/h5-11,16-17H,4H2,1-3H3. The Hall–Kier alpha value is -1.32. The Morgan fingerprint density at radius 3 is 2.32 bits per heavy atom. The Balaban J connectivity index is 2.30. The second-order valence-electron chi connectivity index (χ2n) is 4.50. The second-order valence-corrected chi connectivity index (χ2v) is 5.38. The molecular formula is C16H20N2S. The van der Waals surface area contributed by atoms with E-state index >= 15 is 0 Å². The summed E-state index contributed by atoms with van der Waals surface area (Å²) in [5.74, 6) is 0. The number of thioether (sulfide) groups is 1. The van der Waals surface area contributed by atoms with E-state index in [0.717, 1.165) is 12.2 Å². The molecule has 2 nitrogen and oxygen atoms in total. The topological polar surface area (TPSA) is 24.9 Å². The van der Waals surface area contributed by atoms with Gasteiger partial charge in [-0.15, -0.1) is 11.8 Å². The van der Waals surface area contributed by atoms with Crippen molar-refractivity contribution in [1.82, 2.24) is 10.3 Å². The summed E-state index contributed by atoms with van der Waals surface area (Å²) in [6.45, 7) is 5.08. The fraction of sp³-hybridized carbons (Fsp3) is 0.312. The molecule has 1 atom stereocenters. The minimum Gasteiger partial charge on any atom is -0.306 e. The molecule has 3 heteroatoms. The molecule has 1 unspecified atom stereocenters. The maximum atomic E-state index is 4.40. The van der Waals surface area contributed by atoms with Gasteiger partial charge in [-0.05, 0) is 49.1 Å². The summed E-state index contributed by atoms with van der Waals surface area (Å²) in [6, 6.07) is 13.2. The molecule has 0 spiro atoms. The summed E-state index contributed by atoms with van der Waals surface area (Å²) < 4.78 is 0. The zero-order valence-electron chi connectivity index (χ0n) is 11.7. The van der Waals surface area contributed by atoms with E-state index in [9.17, 15) is 0 Å². The Morgan fingerprint density at radius 2 is 1.79 bits per heavy atom. The third-order valence-corrected chi connectivity index (χ3v) is 3.87. The minimum atomic E-state index is 0.217. The largest absolute Gasteiger partial charge is 0.306 e. The van der Waals surface area contributed by atoms with Crippen LogP contribution in [0.2, 0.25) is 0 Å². The van der Waals surface area contributed by atoms with E-state index in [1.54, 1.807) is 11.8 Å². The molecule has 2 aromatic rings. The van der Waals surface area contributed by atoms with Crippen molar-refractivity contribution in [3.05, 3.63) is 59.4 Å². The highest BCUT2D eigenvalue weighted by Gasteiger charge is 2.12. The van der Waals surface area contributed by atoms with Gasteiger partial charge in [-0.1, -0.05) is 25.1 Å². The molecule has 0 aliphatic rings. The molecule has 100 valence electrons. The number of nitrogens with zero attached hydrogens (tertiary/aromatic N) is 1. The van der Waals surface area contributed by atoms with Crippen molar-refractivity contribution in [2.75, 3.05) is 12.8 Å². The molecule has 1 heterocycles. The molecule has 1 N–H and O–H groups in total. The number of nitrogens with one attached hydrogen (secondary N) is 1. The Morgan fingerprint density at radius 1 is 1.11 bits per heavy atom. The average Bonchev–Trinajstić information content (AvgIpc) is 2.46. The third-order valence-electron chi connectivity index (χ3n) is 3.12. The molecule has 0 aliphatic heterocycles. The molecule has 0 bridgehead atoms. The van der Waals surface area contributed by atoms with E-state index in [2.05, 4.69) is 59.9 Å². The van der Waals surface area contributed by atoms with Crippen LogP contribution < -0.4 is 5.32 Å². The van der Waals surface area contributed by atoms with Crippen LogP contribution in [0.3, 0.4) is 0 Å². The number of rotatable bonds is 5. The quantitative estimate of drug-likeness (QED) is 0.838. The number of hydrogen-bond acceptors (Lipinski definition) is 3.